The Morgan fingerprint density at radius 1 is 1.12 bits per heavy atom. The van der Waals surface area contributed by atoms with Crippen molar-refractivity contribution < 1.29 is 0 Å². The van der Waals surface area contributed by atoms with E-state index in [-0.39, 0.29) is 5.41 Å². The van der Waals surface area contributed by atoms with Crippen LogP contribution < -0.4 is 0 Å². The van der Waals surface area contributed by atoms with Crippen molar-refractivity contribution >= 4 is 10.9 Å². The number of rotatable bonds is 3. The van der Waals surface area contributed by atoms with Crippen LogP contribution in [0.1, 0.15) is 88.4 Å². The fraction of sp³-hybridized carbons (Fsp3) is 0.636. The van der Waals surface area contributed by atoms with E-state index in [1.54, 1.807) is 0 Å². The van der Waals surface area contributed by atoms with E-state index in [4.69, 9.17) is 5.10 Å². The zero-order valence-corrected chi connectivity index (χ0v) is 15.4. The zero-order valence-electron chi connectivity index (χ0n) is 15.4. The lowest BCUT2D eigenvalue weighted by Crippen LogP contribution is -2.27. The molecule has 0 radical (unpaired) electrons. The van der Waals surface area contributed by atoms with Gasteiger partial charge in [0.2, 0.25) is 0 Å². The third-order valence-electron chi connectivity index (χ3n) is 6.51. The Hall–Kier alpha value is -1.82. The van der Waals surface area contributed by atoms with Crippen molar-refractivity contribution in [3.05, 3.63) is 29.5 Å². The van der Waals surface area contributed by atoms with Crippen molar-refractivity contribution in [1.82, 2.24) is 9.78 Å². The Labute approximate surface area is 151 Å². The topological polar surface area (TPSA) is 41.6 Å². The van der Waals surface area contributed by atoms with Crippen molar-refractivity contribution in [2.24, 2.45) is 0 Å². The average molecular weight is 335 g/mol. The largest absolute Gasteiger partial charge is 0.262 e. The van der Waals surface area contributed by atoms with E-state index in [1.807, 2.05) is 0 Å². The highest BCUT2D eigenvalue weighted by Gasteiger charge is 2.34. The number of hydrogen-bond donors (Lipinski definition) is 0. The van der Waals surface area contributed by atoms with E-state index in [2.05, 4.69) is 35.9 Å². The summed E-state index contributed by atoms with van der Waals surface area (Å²) in [5.41, 5.74) is 3.42. The molecule has 1 heterocycles. The summed E-state index contributed by atoms with van der Waals surface area (Å²) < 4.78 is 2.31. The SMILES string of the molecule is CCc1nn(C2CCCCC2)c2cc(C3(C#N)CCCCC3)ccc12. The van der Waals surface area contributed by atoms with E-state index in [1.165, 1.54) is 73.5 Å². The second kappa shape index (κ2) is 6.83. The van der Waals surface area contributed by atoms with Gasteiger partial charge in [0, 0.05) is 5.39 Å². The van der Waals surface area contributed by atoms with Gasteiger partial charge in [-0.3, -0.25) is 4.68 Å². The lowest BCUT2D eigenvalue weighted by Gasteiger charge is -2.31. The van der Waals surface area contributed by atoms with Crippen LogP contribution in [0.2, 0.25) is 0 Å². The van der Waals surface area contributed by atoms with Gasteiger partial charge in [-0.05, 0) is 43.7 Å². The number of nitriles is 1. The first-order chi connectivity index (χ1) is 12.3. The Bertz CT molecular complexity index is 783. The van der Waals surface area contributed by atoms with E-state index in [9.17, 15) is 5.26 Å². The van der Waals surface area contributed by atoms with Gasteiger partial charge in [0.05, 0.1) is 28.7 Å². The summed E-state index contributed by atoms with van der Waals surface area (Å²) in [5.74, 6) is 0. The van der Waals surface area contributed by atoms with Crippen LogP contribution in [-0.4, -0.2) is 9.78 Å². The lowest BCUT2D eigenvalue weighted by molar-refractivity contribution is 0.335. The van der Waals surface area contributed by atoms with Crippen LogP contribution in [0.15, 0.2) is 18.2 Å². The molecule has 0 spiro atoms. The summed E-state index contributed by atoms with van der Waals surface area (Å²) in [6.07, 6.45) is 13.1. The second-order valence-corrected chi connectivity index (χ2v) is 8.02. The van der Waals surface area contributed by atoms with Gasteiger partial charge in [-0.25, -0.2) is 0 Å². The third kappa shape index (κ3) is 2.86. The molecule has 0 unspecified atom stereocenters. The van der Waals surface area contributed by atoms with Crippen LogP contribution in [0.4, 0.5) is 0 Å². The lowest BCUT2D eigenvalue weighted by atomic mass is 9.70. The summed E-state index contributed by atoms with van der Waals surface area (Å²) in [6, 6.07) is 9.99. The van der Waals surface area contributed by atoms with Crippen molar-refractivity contribution in [1.29, 1.82) is 5.26 Å². The smallest absolute Gasteiger partial charge is 0.0823 e. The first-order valence-electron chi connectivity index (χ1n) is 10.2. The molecule has 2 aliphatic rings. The van der Waals surface area contributed by atoms with Gasteiger partial charge in [0.15, 0.2) is 0 Å². The van der Waals surface area contributed by atoms with E-state index in [0.717, 1.165) is 19.3 Å². The molecule has 1 aromatic heterocycles. The molecule has 25 heavy (non-hydrogen) atoms. The maximum atomic E-state index is 9.96. The molecule has 132 valence electrons. The molecule has 0 saturated heterocycles. The van der Waals surface area contributed by atoms with Crippen LogP contribution in [-0.2, 0) is 11.8 Å². The van der Waals surface area contributed by atoms with Crippen LogP contribution in [0.25, 0.3) is 10.9 Å². The molecule has 3 nitrogen and oxygen atoms in total. The van der Waals surface area contributed by atoms with Gasteiger partial charge in [-0.15, -0.1) is 0 Å². The van der Waals surface area contributed by atoms with Crippen molar-refractivity contribution in [3.8, 4) is 6.07 Å². The number of aryl methyl sites for hydroxylation is 1. The predicted octanol–water partition coefficient (Wildman–Crippen LogP) is 5.83. The molecule has 0 N–H and O–H groups in total. The minimum atomic E-state index is -0.277. The fourth-order valence-corrected chi connectivity index (χ4v) is 4.99. The maximum Gasteiger partial charge on any atom is 0.0823 e. The molecule has 0 bridgehead atoms. The molecule has 2 fully saturated rings. The third-order valence-corrected chi connectivity index (χ3v) is 6.51. The molecular formula is C22H29N3. The molecule has 0 amide bonds. The summed E-state index contributed by atoms with van der Waals surface area (Å²) in [4.78, 5) is 0. The Kier molecular flexibility index (Phi) is 4.54. The molecular weight excluding hydrogens is 306 g/mol. The summed E-state index contributed by atoms with van der Waals surface area (Å²) in [5, 5.41) is 16.3. The highest BCUT2D eigenvalue weighted by Crippen LogP contribution is 2.41. The minimum absolute atomic E-state index is 0.277. The van der Waals surface area contributed by atoms with Crippen molar-refractivity contribution in [3.63, 3.8) is 0 Å². The molecule has 2 saturated carbocycles. The zero-order chi connectivity index (χ0) is 17.3. The molecule has 3 heteroatoms. The fourth-order valence-electron chi connectivity index (χ4n) is 4.99. The van der Waals surface area contributed by atoms with E-state index < -0.39 is 0 Å². The monoisotopic (exact) mass is 335 g/mol. The van der Waals surface area contributed by atoms with Gasteiger partial charge < -0.3 is 0 Å². The highest BCUT2D eigenvalue weighted by molar-refractivity contribution is 5.83. The average Bonchev–Trinajstić information content (AvgIpc) is 3.07. The molecule has 1 aromatic carbocycles. The normalized spacial score (nSPS) is 21.3. The van der Waals surface area contributed by atoms with Crippen molar-refractivity contribution in [2.75, 3.05) is 0 Å². The van der Waals surface area contributed by atoms with E-state index in [0.29, 0.717) is 6.04 Å². The van der Waals surface area contributed by atoms with Crippen molar-refractivity contribution in [2.45, 2.75) is 89.0 Å². The van der Waals surface area contributed by atoms with Crippen LogP contribution in [0.3, 0.4) is 0 Å². The Morgan fingerprint density at radius 3 is 2.52 bits per heavy atom. The number of hydrogen-bond acceptors (Lipinski definition) is 2. The highest BCUT2D eigenvalue weighted by atomic mass is 15.3. The number of aromatic nitrogens is 2. The van der Waals surface area contributed by atoms with Gasteiger partial charge in [-0.2, -0.15) is 10.4 Å². The summed E-state index contributed by atoms with van der Waals surface area (Å²) >= 11 is 0. The number of benzene rings is 1. The quantitative estimate of drug-likeness (QED) is 0.708. The number of nitrogens with zero attached hydrogens (tertiary/aromatic N) is 3. The predicted molar refractivity (Wildman–Crippen MR) is 102 cm³/mol. The molecule has 2 aliphatic carbocycles. The van der Waals surface area contributed by atoms with Crippen LogP contribution in [0, 0.1) is 11.3 Å². The van der Waals surface area contributed by atoms with Crippen LogP contribution >= 0.6 is 0 Å². The number of fused-ring (bicyclic) bond motifs is 1. The molecule has 4 rings (SSSR count). The van der Waals surface area contributed by atoms with E-state index >= 15 is 0 Å². The van der Waals surface area contributed by atoms with Gasteiger partial charge in [0.25, 0.3) is 0 Å². The first-order valence-corrected chi connectivity index (χ1v) is 10.2. The summed E-state index contributed by atoms with van der Waals surface area (Å²) in [6.45, 7) is 2.19. The summed E-state index contributed by atoms with van der Waals surface area (Å²) in [7, 11) is 0. The van der Waals surface area contributed by atoms with Gasteiger partial charge in [-0.1, -0.05) is 57.6 Å². The molecule has 0 atom stereocenters. The molecule has 2 aromatic rings. The van der Waals surface area contributed by atoms with Gasteiger partial charge in [0.1, 0.15) is 0 Å². The van der Waals surface area contributed by atoms with Crippen LogP contribution in [0.5, 0.6) is 0 Å². The molecule has 0 aliphatic heterocycles. The van der Waals surface area contributed by atoms with Gasteiger partial charge >= 0.3 is 0 Å². The maximum absolute atomic E-state index is 9.96. The Balaban J connectivity index is 1.82. The second-order valence-electron chi connectivity index (χ2n) is 8.02. The first kappa shape index (κ1) is 16.6. The Morgan fingerprint density at radius 2 is 1.84 bits per heavy atom. The minimum Gasteiger partial charge on any atom is -0.262 e. The standard InChI is InChI=1S/C22H29N3/c1-2-20-19-12-11-17(22(16-23)13-7-4-8-14-22)15-21(19)25(24-20)18-9-5-3-6-10-18/h11-12,15,18H,2-10,13-14H2,1H3.